The summed E-state index contributed by atoms with van der Waals surface area (Å²) >= 11 is 0. The number of rotatable bonds is 6. The lowest BCUT2D eigenvalue weighted by Gasteiger charge is -2.17. The normalized spacial score (nSPS) is 11.9. The van der Waals surface area contributed by atoms with Crippen molar-refractivity contribution in [2.75, 3.05) is 0 Å². The highest BCUT2D eigenvalue weighted by molar-refractivity contribution is 6.12. The summed E-state index contributed by atoms with van der Waals surface area (Å²) in [6.45, 7) is 2.04. The number of hydrogen-bond acceptors (Lipinski definition) is 3. The molecule has 0 saturated carbocycles. The molecule has 0 aliphatic carbocycles. The van der Waals surface area contributed by atoms with E-state index >= 15 is 0 Å². The van der Waals surface area contributed by atoms with Gasteiger partial charge in [-0.2, -0.15) is 4.80 Å². The van der Waals surface area contributed by atoms with E-state index in [0.717, 1.165) is 44.4 Å². The molecule has 0 aliphatic rings. The lowest BCUT2D eigenvalue weighted by atomic mass is 9.86. The molecule has 4 heteroatoms. The molecule has 0 N–H and O–H groups in total. The van der Waals surface area contributed by atoms with E-state index in [1.54, 1.807) is 4.80 Å². The molecular formula is C46H32N4. The zero-order valence-corrected chi connectivity index (χ0v) is 27.5. The molecule has 9 aromatic rings. The number of nitrogens with zero attached hydrogens (tertiary/aromatic N) is 4. The molecule has 236 valence electrons. The smallest absolute Gasteiger partial charge is 0.114 e. The molecule has 0 fully saturated rings. The van der Waals surface area contributed by atoms with E-state index in [1.807, 2.05) is 25.4 Å². The van der Waals surface area contributed by atoms with Gasteiger partial charge in [-0.3, -0.25) is 4.98 Å². The molecule has 0 unspecified atom stereocenters. The molecule has 2 aromatic heterocycles. The average Bonchev–Trinajstić information content (AvgIpc) is 3.61. The Morgan fingerprint density at radius 1 is 0.500 bits per heavy atom. The summed E-state index contributed by atoms with van der Waals surface area (Å²) in [6.07, 6.45) is 12.3. The van der Waals surface area contributed by atoms with E-state index in [9.17, 15) is 0 Å². The van der Waals surface area contributed by atoms with Crippen LogP contribution in [0.2, 0.25) is 0 Å². The second kappa shape index (κ2) is 12.4. The van der Waals surface area contributed by atoms with Gasteiger partial charge in [-0.15, -0.1) is 10.2 Å². The average molecular weight is 641 g/mol. The van der Waals surface area contributed by atoms with Crippen LogP contribution in [-0.2, 0) is 0 Å². The Morgan fingerprint density at radius 3 is 2.00 bits per heavy atom. The first kappa shape index (κ1) is 29.5. The van der Waals surface area contributed by atoms with Crippen molar-refractivity contribution in [3.8, 4) is 39.1 Å². The number of allylic oxidation sites excluding steroid dienone is 3. The Morgan fingerprint density at radius 2 is 1.18 bits per heavy atom. The van der Waals surface area contributed by atoms with Gasteiger partial charge in [0.2, 0.25) is 0 Å². The Hall–Kier alpha value is -6.65. The monoisotopic (exact) mass is 640 g/mol. The summed E-state index contributed by atoms with van der Waals surface area (Å²) in [7, 11) is 0. The Bertz CT molecular complexity index is 2760. The third-order valence-electron chi connectivity index (χ3n) is 9.48. The van der Waals surface area contributed by atoms with Gasteiger partial charge in [0.15, 0.2) is 0 Å². The number of pyridine rings is 1. The summed E-state index contributed by atoms with van der Waals surface area (Å²) < 4.78 is 0. The minimum atomic E-state index is 0.845. The lowest BCUT2D eigenvalue weighted by Crippen LogP contribution is -1.98. The summed E-state index contributed by atoms with van der Waals surface area (Å²) in [6, 6.07) is 49.4. The zero-order chi connectivity index (χ0) is 33.4. The predicted molar refractivity (Wildman–Crippen MR) is 209 cm³/mol. The van der Waals surface area contributed by atoms with Crippen LogP contribution in [0.5, 0.6) is 0 Å². The summed E-state index contributed by atoms with van der Waals surface area (Å²) in [5.41, 5.74) is 10.7. The molecule has 0 radical (unpaired) electrons. The fourth-order valence-corrected chi connectivity index (χ4v) is 7.10. The number of aromatic nitrogens is 4. The van der Waals surface area contributed by atoms with Crippen LogP contribution in [0.15, 0.2) is 170 Å². The summed E-state index contributed by atoms with van der Waals surface area (Å²) in [5, 5.41) is 17.0. The highest BCUT2D eigenvalue weighted by atomic mass is 15.5. The van der Waals surface area contributed by atoms with Crippen molar-refractivity contribution in [3.05, 3.63) is 176 Å². The van der Waals surface area contributed by atoms with Crippen LogP contribution in [0, 0.1) is 0 Å². The van der Waals surface area contributed by atoms with Crippen LogP contribution >= 0.6 is 0 Å². The first-order chi connectivity index (χ1) is 24.7. The Kier molecular flexibility index (Phi) is 7.33. The minimum absolute atomic E-state index is 0.845. The summed E-state index contributed by atoms with van der Waals surface area (Å²) in [4.78, 5) is 6.20. The lowest BCUT2D eigenvalue weighted by molar-refractivity contribution is 0.766. The van der Waals surface area contributed by atoms with Crippen LogP contribution in [-0.4, -0.2) is 20.0 Å². The van der Waals surface area contributed by atoms with Gasteiger partial charge < -0.3 is 0 Å². The van der Waals surface area contributed by atoms with Crippen molar-refractivity contribution in [3.63, 3.8) is 0 Å². The van der Waals surface area contributed by atoms with Gasteiger partial charge >= 0.3 is 0 Å². The molecule has 0 aliphatic heterocycles. The SMILES string of the molecule is C/C=C\C=C/c1cc(-c2ccc3nn(-c4ccc(-c5cncc6ccccc56)cc4)nc3c2)c2ccccc2c1-c1cccc2ccccc12. The molecular weight excluding hydrogens is 609 g/mol. The van der Waals surface area contributed by atoms with Crippen LogP contribution in [0.1, 0.15) is 12.5 Å². The number of fused-ring (bicyclic) bond motifs is 4. The zero-order valence-electron chi connectivity index (χ0n) is 27.5. The van der Waals surface area contributed by atoms with E-state index in [4.69, 9.17) is 10.2 Å². The molecule has 50 heavy (non-hydrogen) atoms. The van der Waals surface area contributed by atoms with Gasteiger partial charge in [-0.1, -0.05) is 133 Å². The van der Waals surface area contributed by atoms with Crippen LogP contribution in [0.4, 0.5) is 0 Å². The number of benzene rings is 7. The largest absolute Gasteiger partial charge is 0.263 e. The second-order valence-electron chi connectivity index (χ2n) is 12.5. The topological polar surface area (TPSA) is 43.6 Å². The molecule has 2 heterocycles. The molecule has 0 bridgehead atoms. The van der Waals surface area contributed by atoms with Crippen molar-refractivity contribution in [2.45, 2.75) is 6.92 Å². The first-order valence-corrected chi connectivity index (χ1v) is 16.9. The second-order valence-corrected chi connectivity index (χ2v) is 12.5. The molecule has 0 spiro atoms. The van der Waals surface area contributed by atoms with Crippen molar-refractivity contribution < 1.29 is 0 Å². The minimum Gasteiger partial charge on any atom is -0.263 e. The summed E-state index contributed by atoms with van der Waals surface area (Å²) in [5.74, 6) is 0. The Labute approximate surface area is 290 Å². The van der Waals surface area contributed by atoms with E-state index in [0.29, 0.717) is 0 Å². The van der Waals surface area contributed by atoms with E-state index in [-0.39, 0.29) is 0 Å². The van der Waals surface area contributed by atoms with Crippen molar-refractivity contribution in [1.82, 2.24) is 20.0 Å². The van der Waals surface area contributed by atoms with Crippen molar-refractivity contribution in [1.29, 1.82) is 0 Å². The van der Waals surface area contributed by atoms with Crippen LogP contribution in [0.25, 0.3) is 88.5 Å². The van der Waals surface area contributed by atoms with Crippen LogP contribution < -0.4 is 0 Å². The van der Waals surface area contributed by atoms with Gasteiger partial charge in [0.05, 0.1) is 5.69 Å². The maximum atomic E-state index is 4.95. The standard InChI is InChI=1S/C46H32N4/c1-2-3-4-13-34-27-42(39-18-9-10-19-41(39)46(34)40-20-11-15-31-12-5-7-16-37(31)40)33-23-26-44-45(28-33)49-50(48-44)36-24-21-32(22-25-36)43-30-47-29-35-14-6-8-17-38(35)43/h2-30H,1H3/b3-2-,13-4-. The number of hydrogen-bond donors (Lipinski definition) is 0. The third kappa shape index (κ3) is 5.15. The van der Waals surface area contributed by atoms with Crippen LogP contribution in [0.3, 0.4) is 0 Å². The third-order valence-corrected chi connectivity index (χ3v) is 9.48. The maximum Gasteiger partial charge on any atom is 0.114 e. The molecule has 0 atom stereocenters. The Balaban J connectivity index is 1.15. The van der Waals surface area contributed by atoms with Gasteiger partial charge in [0, 0.05) is 23.3 Å². The predicted octanol–water partition coefficient (Wildman–Crippen LogP) is 11.9. The molecule has 7 aromatic carbocycles. The van der Waals surface area contributed by atoms with E-state index in [1.165, 1.54) is 43.6 Å². The first-order valence-electron chi connectivity index (χ1n) is 16.9. The maximum absolute atomic E-state index is 4.95. The molecule has 0 amide bonds. The quantitative estimate of drug-likeness (QED) is 0.170. The molecule has 9 rings (SSSR count). The fraction of sp³-hybridized carbons (Fsp3) is 0.0217. The molecule has 0 saturated heterocycles. The van der Waals surface area contributed by atoms with Gasteiger partial charge in [-0.05, 0) is 97.6 Å². The van der Waals surface area contributed by atoms with E-state index in [2.05, 4.69) is 163 Å². The van der Waals surface area contributed by atoms with Gasteiger partial charge in [-0.25, -0.2) is 0 Å². The van der Waals surface area contributed by atoms with Gasteiger partial charge in [0.1, 0.15) is 11.0 Å². The van der Waals surface area contributed by atoms with E-state index < -0.39 is 0 Å². The highest BCUT2D eigenvalue weighted by Gasteiger charge is 2.17. The fourth-order valence-electron chi connectivity index (χ4n) is 7.10. The molecule has 4 nitrogen and oxygen atoms in total. The van der Waals surface area contributed by atoms with Gasteiger partial charge in [0.25, 0.3) is 0 Å². The van der Waals surface area contributed by atoms with Crippen molar-refractivity contribution in [2.24, 2.45) is 0 Å². The van der Waals surface area contributed by atoms with Crippen molar-refractivity contribution >= 4 is 49.4 Å². The highest BCUT2D eigenvalue weighted by Crippen LogP contribution is 2.42.